The highest BCUT2D eigenvalue weighted by Gasteiger charge is 2.00. The van der Waals surface area contributed by atoms with E-state index in [0.29, 0.717) is 0 Å². The lowest BCUT2D eigenvalue weighted by atomic mass is 9.99. The number of hydrogen-bond donors (Lipinski definition) is 0. The molecule has 0 aliphatic carbocycles. The van der Waals surface area contributed by atoms with Crippen LogP contribution in [-0.4, -0.2) is 0 Å². The summed E-state index contributed by atoms with van der Waals surface area (Å²) in [6.07, 6.45) is 5.50. The number of benzene rings is 3. The number of rotatable bonds is 2. The third-order valence-electron chi connectivity index (χ3n) is 3.31. The maximum absolute atomic E-state index is 2.29. The predicted octanol–water partition coefficient (Wildman–Crippen LogP) is 5.42. The Morgan fingerprint density at radius 2 is 1.56 bits per heavy atom. The summed E-state index contributed by atoms with van der Waals surface area (Å²) in [5.41, 5.74) is 1.31. The lowest BCUT2D eigenvalue weighted by Crippen LogP contribution is -1.80. The van der Waals surface area contributed by atoms with Gasteiger partial charge in [0.25, 0.3) is 0 Å². The predicted molar refractivity (Wildman–Crippen MR) is 80.8 cm³/mol. The first-order chi connectivity index (χ1) is 8.88. The van der Waals surface area contributed by atoms with Gasteiger partial charge in [0.05, 0.1) is 0 Å². The van der Waals surface area contributed by atoms with Gasteiger partial charge in [0, 0.05) is 0 Å². The summed E-state index contributed by atoms with van der Waals surface area (Å²) >= 11 is 0. The average Bonchev–Trinajstić information content (AvgIpc) is 2.43. The van der Waals surface area contributed by atoms with Gasteiger partial charge in [0.2, 0.25) is 0 Å². The molecule has 0 radical (unpaired) electrons. The van der Waals surface area contributed by atoms with Gasteiger partial charge >= 0.3 is 0 Å². The minimum atomic E-state index is 1.07. The van der Waals surface area contributed by atoms with Gasteiger partial charge in [-0.2, -0.15) is 0 Å². The minimum Gasteiger partial charge on any atom is -0.0842 e. The van der Waals surface area contributed by atoms with Crippen LogP contribution in [0.15, 0.2) is 60.7 Å². The second kappa shape index (κ2) is 4.66. The highest BCUT2D eigenvalue weighted by molar-refractivity contribution is 6.01. The van der Waals surface area contributed by atoms with E-state index in [4.69, 9.17) is 0 Å². The molecule has 3 aromatic carbocycles. The van der Waals surface area contributed by atoms with Crippen LogP contribution in [0.4, 0.5) is 0 Å². The minimum absolute atomic E-state index is 1.07. The summed E-state index contributed by atoms with van der Waals surface area (Å²) in [7, 11) is 0. The molecule has 0 spiro atoms. The Morgan fingerprint density at radius 1 is 0.833 bits per heavy atom. The molecule has 0 saturated heterocycles. The van der Waals surface area contributed by atoms with Gasteiger partial charge in [-0.05, 0) is 45.7 Å². The van der Waals surface area contributed by atoms with Crippen molar-refractivity contribution in [2.75, 3.05) is 0 Å². The van der Waals surface area contributed by atoms with Crippen molar-refractivity contribution in [2.45, 2.75) is 13.3 Å². The van der Waals surface area contributed by atoms with E-state index in [0.717, 1.165) is 6.42 Å². The Balaban J connectivity index is 2.32. The number of hydrogen-bond acceptors (Lipinski definition) is 0. The van der Waals surface area contributed by atoms with E-state index in [1.807, 2.05) is 0 Å². The first-order valence-corrected chi connectivity index (χ1v) is 6.46. The standard InChI is InChI=1S/C18H16/c1-2-3-7-14-10-6-11-17-12-15-8-4-5-9-16(15)13-18(14)17/h3-13H,2H2,1H3/b7-3+. The van der Waals surface area contributed by atoms with Gasteiger partial charge < -0.3 is 0 Å². The maximum Gasteiger partial charge on any atom is -0.0105 e. The van der Waals surface area contributed by atoms with Crippen LogP contribution in [0, 0.1) is 0 Å². The second-order valence-electron chi connectivity index (χ2n) is 4.58. The molecule has 18 heavy (non-hydrogen) atoms. The Labute approximate surface area is 108 Å². The molecule has 3 aromatic rings. The topological polar surface area (TPSA) is 0 Å². The van der Waals surface area contributed by atoms with E-state index in [-0.39, 0.29) is 0 Å². The molecule has 0 unspecified atom stereocenters. The van der Waals surface area contributed by atoms with Crippen LogP contribution < -0.4 is 0 Å². The molecular formula is C18H16. The molecular weight excluding hydrogens is 216 g/mol. The second-order valence-corrected chi connectivity index (χ2v) is 4.58. The van der Waals surface area contributed by atoms with Crippen molar-refractivity contribution in [1.29, 1.82) is 0 Å². The van der Waals surface area contributed by atoms with Crippen LogP contribution in [0.2, 0.25) is 0 Å². The Morgan fingerprint density at radius 3 is 2.33 bits per heavy atom. The summed E-state index contributed by atoms with van der Waals surface area (Å²) in [6, 6.07) is 19.6. The zero-order valence-corrected chi connectivity index (χ0v) is 10.6. The fourth-order valence-corrected chi connectivity index (χ4v) is 2.38. The van der Waals surface area contributed by atoms with Crippen LogP contribution in [0.5, 0.6) is 0 Å². The van der Waals surface area contributed by atoms with Crippen LogP contribution >= 0.6 is 0 Å². The Kier molecular flexibility index (Phi) is 2.85. The van der Waals surface area contributed by atoms with Crippen molar-refractivity contribution < 1.29 is 0 Å². The largest absolute Gasteiger partial charge is 0.0842 e. The van der Waals surface area contributed by atoms with E-state index in [1.165, 1.54) is 27.1 Å². The fourth-order valence-electron chi connectivity index (χ4n) is 2.38. The first-order valence-electron chi connectivity index (χ1n) is 6.46. The zero-order valence-electron chi connectivity index (χ0n) is 10.6. The Bertz CT molecular complexity index is 720. The smallest absolute Gasteiger partial charge is 0.0105 e. The van der Waals surface area contributed by atoms with Gasteiger partial charge in [-0.25, -0.2) is 0 Å². The summed E-state index contributed by atoms with van der Waals surface area (Å²) in [5.74, 6) is 0. The highest BCUT2D eigenvalue weighted by atomic mass is 14.0. The van der Waals surface area contributed by atoms with E-state index in [9.17, 15) is 0 Å². The highest BCUT2D eigenvalue weighted by Crippen LogP contribution is 2.26. The monoisotopic (exact) mass is 232 g/mol. The Hall–Kier alpha value is -2.08. The van der Waals surface area contributed by atoms with Crippen LogP contribution in [0.25, 0.3) is 27.6 Å². The third-order valence-corrected chi connectivity index (χ3v) is 3.31. The first kappa shape index (κ1) is 11.0. The van der Waals surface area contributed by atoms with Gasteiger partial charge in [0.15, 0.2) is 0 Å². The van der Waals surface area contributed by atoms with Gasteiger partial charge in [0.1, 0.15) is 0 Å². The molecule has 0 aliphatic rings. The lowest BCUT2D eigenvalue weighted by molar-refractivity contribution is 1.23. The van der Waals surface area contributed by atoms with E-state index < -0.39 is 0 Å². The summed E-state index contributed by atoms with van der Waals surface area (Å²) < 4.78 is 0. The molecule has 0 aromatic heterocycles. The molecule has 0 heteroatoms. The molecule has 0 amide bonds. The van der Waals surface area contributed by atoms with Crippen LogP contribution in [-0.2, 0) is 0 Å². The number of allylic oxidation sites excluding steroid dienone is 1. The molecule has 0 aliphatic heterocycles. The lowest BCUT2D eigenvalue weighted by Gasteiger charge is -2.05. The molecule has 88 valence electrons. The molecule has 0 N–H and O–H groups in total. The van der Waals surface area contributed by atoms with E-state index in [1.54, 1.807) is 0 Å². The molecule has 0 saturated carbocycles. The molecule has 0 fully saturated rings. The van der Waals surface area contributed by atoms with Gasteiger partial charge in [-0.15, -0.1) is 0 Å². The summed E-state index contributed by atoms with van der Waals surface area (Å²) in [4.78, 5) is 0. The molecule has 0 nitrogen and oxygen atoms in total. The number of fused-ring (bicyclic) bond motifs is 2. The van der Waals surface area contributed by atoms with Crippen molar-refractivity contribution in [3.05, 3.63) is 66.2 Å². The van der Waals surface area contributed by atoms with Crippen molar-refractivity contribution in [1.82, 2.24) is 0 Å². The van der Waals surface area contributed by atoms with E-state index >= 15 is 0 Å². The van der Waals surface area contributed by atoms with Crippen LogP contribution in [0.1, 0.15) is 18.9 Å². The molecule has 0 heterocycles. The van der Waals surface area contributed by atoms with Crippen molar-refractivity contribution in [3.8, 4) is 0 Å². The van der Waals surface area contributed by atoms with Gasteiger partial charge in [-0.1, -0.05) is 61.5 Å². The fraction of sp³-hybridized carbons (Fsp3) is 0.111. The molecule has 0 atom stereocenters. The average molecular weight is 232 g/mol. The summed E-state index contributed by atoms with van der Waals surface area (Å²) in [6.45, 7) is 2.16. The maximum atomic E-state index is 2.29. The molecule has 0 bridgehead atoms. The third kappa shape index (κ3) is 1.91. The van der Waals surface area contributed by atoms with Gasteiger partial charge in [-0.3, -0.25) is 0 Å². The SMILES string of the molecule is CC/C=C/c1cccc2cc3ccccc3cc12. The van der Waals surface area contributed by atoms with Crippen LogP contribution in [0.3, 0.4) is 0 Å². The zero-order chi connectivity index (χ0) is 12.4. The van der Waals surface area contributed by atoms with Crippen molar-refractivity contribution >= 4 is 27.6 Å². The molecule has 3 rings (SSSR count). The van der Waals surface area contributed by atoms with Crippen molar-refractivity contribution in [2.24, 2.45) is 0 Å². The summed E-state index contributed by atoms with van der Waals surface area (Å²) in [5, 5.41) is 5.26. The van der Waals surface area contributed by atoms with E-state index in [2.05, 4.69) is 73.7 Å². The van der Waals surface area contributed by atoms with Crippen molar-refractivity contribution in [3.63, 3.8) is 0 Å². The normalized spacial score (nSPS) is 11.6. The quantitative estimate of drug-likeness (QED) is 0.518.